The molecule has 0 aromatic heterocycles. The maximum absolute atomic E-state index is 12.2. The Kier molecular flexibility index (Phi) is 6.49. The van der Waals surface area contributed by atoms with Gasteiger partial charge >= 0.3 is 0 Å². The van der Waals surface area contributed by atoms with Gasteiger partial charge in [0.2, 0.25) is 11.8 Å². The van der Waals surface area contributed by atoms with Crippen LogP contribution >= 0.6 is 0 Å². The van der Waals surface area contributed by atoms with Crippen LogP contribution in [0.3, 0.4) is 0 Å². The maximum Gasteiger partial charge on any atom is 0.222 e. The third kappa shape index (κ3) is 4.99. The van der Waals surface area contributed by atoms with Gasteiger partial charge in [-0.2, -0.15) is 0 Å². The molecule has 5 nitrogen and oxygen atoms in total. The highest BCUT2D eigenvalue weighted by Crippen LogP contribution is 2.21. The molecule has 0 unspecified atom stereocenters. The third-order valence-electron chi connectivity index (χ3n) is 4.74. The summed E-state index contributed by atoms with van der Waals surface area (Å²) in [6.45, 7) is 3.49. The van der Waals surface area contributed by atoms with E-state index in [9.17, 15) is 9.59 Å². The molecule has 2 heterocycles. The molecule has 2 aliphatic heterocycles. The lowest BCUT2D eigenvalue weighted by molar-refractivity contribution is -0.135. The molecule has 21 heavy (non-hydrogen) atoms. The Hall–Kier alpha value is -1.10. The molecule has 0 saturated carbocycles. The molecular formula is C16H28N2O3. The van der Waals surface area contributed by atoms with E-state index in [1.165, 1.54) is 0 Å². The van der Waals surface area contributed by atoms with Crippen LogP contribution in [0.4, 0.5) is 0 Å². The van der Waals surface area contributed by atoms with Gasteiger partial charge < -0.3 is 14.9 Å². The lowest BCUT2D eigenvalue weighted by Crippen LogP contribution is -2.39. The van der Waals surface area contributed by atoms with Gasteiger partial charge in [0, 0.05) is 45.6 Å². The van der Waals surface area contributed by atoms with Gasteiger partial charge in [0.15, 0.2) is 0 Å². The quantitative estimate of drug-likeness (QED) is 0.806. The van der Waals surface area contributed by atoms with Crippen LogP contribution in [0.5, 0.6) is 0 Å². The fraction of sp³-hybridized carbons (Fsp3) is 0.875. The van der Waals surface area contributed by atoms with Crippen LogP contribution < -0.4 is 0 Å². The monoisotopic (exact) mass is 296 g/mol. The zero-order valence-electron chi connectivity index (χ0n) is 12.9. The molecular weight excluding hydrogens is 268 g/mol. The van der Waals surface area contributed by atoms with E-state index in [1.54, 1.807) is 0 Å². The second-order valence-electron chi connectivity index (χ2n) is 6.28. The molecule has 2 rings (SSSR count). The van der Waals surface area contributed by atoms with E-state index in [0.29, 0.717) is 18.8 Å². The van der Waals surface area contributed by atoms with Crippen molar-refractivity contribution in [3.8, 4) is 0 Å². The van der Waals surface area contributed by atoms with Crippen LogP contribution in [-0.4, -0.2) is 59.5 Å². The van der Waals surface area contributed by atoms with Crippen LogP contribution in [0.15, 0.2) is 0 Å². The minimum absolute atomic E-state index is 0.224. The Labute approximate surface area is 127 Å². The van der Waals surface area contributed by atoms with Crippen LogP contribution in [-0.2, 0) is 9.59 Å². The Bertz CT molecular complexity index is 351. The molecule has 2 fully saturated rings. The lowest BCUT2D eigenvalue weighted by Gasteiger charge is -2.32. The normalized spacial score (nSPS) is 20.9. The number of aliphatic hydroxyl groups excluding tert-OH is 1. The molecule has 2 aliphatic rings. The van der Waals surface area contributed by atoms with Crippen molar-refractivity contribution in [2.45, 2.75) is 51.4 Å². The second kappa shape index (κ2) is 8.37. The minimum Gasteiger partial charge on any atom is -0.396 e. The molecule has 1 N–H and O–H groups in total. The molecule has 0 bridgehead atoms. The summed E-state index contributed by atoms with van der Waals surface area (Å²) >= 11 is 0. The largest absolute Gasteiger partial charge is 0.396 e. The van der Waals surface area contributed by atoms with Crippen molar-refractivity contribution in [3.05, 3.63) is 0 Å². The first-order valence-corrected chi connectivity index (χ1v) is 8.37. The van der Waals surface area contributed by atoms with Crippen molar-refractivity contribution >= 4 is 11.8 Å². The summed E-state index contributed by atoms with van der Waals surface area (Å²) in [7, 11) is 0. The van der Waals surface area contributed by atoms with Crippen LogP contribution in [0.25, 0.3) is 0 Å². The van der Waals surface area contributed by atoms with Crippen LogP contribution in [0.1, 0.15) is 51.4 Å². The number of amides is 2. The van der Waals surface area contributed by atoms with Crippen molar-refractivity contribution in [1.82, 2.24) is 9.80 Å². The Balaban J connectivity index is 1.62. The number of likely N-dealkylation sites (tertiary alicyclic amines) is 2. The molecule has 0 aromatic carbocycles. The molecule has 0 radical (unpaired) electrons. The number of carbonyl (C=O) groups is 2. The molecule has 0 atom stereocenters. The smallest absolute Gasteiger partial charge is 0.222 e. The highest BCUT2D eigenvalue weighted by Gasteiger charge is 2.23. The number of aliphatic hydroxyl groups is 1. The first-order valence-electron chi connectivity index (χ1n) is 8.37. The summed E-state index contributed by atoms with van der Waals surface area (Å²) in [5.74, 6) is 1.05. The van der Waals surface area contributed by atoms with Crippen LogP contribution in [0.2, 0.25) is 0 Å². The Morgan fingerprint density at radius 3 is 2.62 bits per heavy atom. The topological polar surface area (TPSA) is 60.9 Å². The number of nitrogens with zero attached hydrogens (tertiary/aromatic N) is 2. The highest BCUT2D eigenvalue weighted by atomic mass is 16.3. The standard InChI is InChI=1S/C16H28N2O3/c19-13-8-14-6-11-18(12-7-14)16(21)5-3-10-17-9-2-1-4-15(17)20/h14,19H,1-13H2. The van der Waals surface area contributed by atoms with Gasteiger partial charge in [-0.05, 0) is 44.4 Å². The highest BCUT2D eigenvalue weighted by molar-refractivity contribution is 5.77. The summed E-state index contributed by atoms with van der Waals surface area (Å²) in [5, 5.41) is 8.94. The van der Waals surface area contributed by atoms with E-state index >= 15 is 0 Å². The predicted octanol–water partition coefficient (Wildman–Crippen LogP) is 1.40. The van der Waals surface area contributed by atoms with E-state index in [2.05, 4.69) is 0 Å². The van der Waals surface area contributed by atoms with E-state index in [-0.39, 0.29) is 18.4 Å². The van der Waals surface area contributed by atoms with Gasteiger partial charge in [-0.3, -0.25) is 9.59 Å². The summed E-state index contributed by atoms with van der Waals surface area (Å²) in [6.07, 6.45) is 6.99. The number of hydrogen-bond donors (Lipinski definition) is 1. The van der Waals surface area contributed by atoms with E-state index in [1.807, 2.05) is 9.80 Å². The molecule has 0 spiro atoms. The molecule has 2 saturated heterocycles. The van der Waals surface area contributed by atoms with Crippen molar-refractivity contribution in [1.29, 1.82) is 0 Å². The zero-order chi connectivity index (χ0) is 15.1. The fourth-order valence-corrected chi connectivity index (χ4v) is 3.33. The van der Waals surface area contributed by atoms with E-state index in [0.717, 1.165) is 64.7 Å². The van der Waals surface area contributed by atoms with Gasteiger partial charge in [-0.25, -0.2) is 0 Å². The number of piperidine rings is 2. The summed E-state index contributed by atoms with van der Waals surface area (Å²) < 4.78 is 0. The van der Waals surface area contributed by atoms with E-state index in [4.69, 9.17) is 5.11 Å². The van der Waals surface area contributed by atoms with Crippen molar-refractivity contribution in [2.75, 3.05) is 32.8 Å². The van der Waals surface area contributed by atoms with Gasteiger partial charge in [-0.1, -0.05) is 0 Å². The van der Waals surface area contributed by atoms with Gasteiger partial charge in [-0.15, -0.1) is 0 Å². The summed E-state index contributed by atoms with van der Waals surface area (Å²) in [6, 6.07) is 0. The lowest BCUT2D eigenvalue weighted by atomic mass is 9.94. The molecule has 5 heteroatoms. The van der Waals surface area contributed by atoms with E-state index < -0.39 is 0 Å². The minimum atomic E-state index is 0.224. The first kappa shape index (κ1) is 16.3. The molecule has 120 valence electrons. The number of carbonyl (C=O) groups excluding carboxylic acids is 2. The summed E-state index contributed by atoms with van der Waals surface area (Å²) in [4.78, 5) is 27.7. The van der Waals surface area contributed by atoms with Crippen molar-refractivity contribution in [3.63, 3.8) is 0 Å². The first-order chi connectivity index (χ1) is 10.2. The summed E-state index contributed by atoms with van der Waals surface area (Å²) in [5.41, 5.74) is 0. The van der Waals surface area contributed by atoms with Crippen molar-refractivity contribution < 1.29 is 14.7 Å². The number of hydrogen-bond acceptors (Lipinski definition) is 3. The Morgan fingerprint density at radius 1 is 1.19 bits per heavy atom. The van der Waals surface area contributed by atoms with Gasteiger partial charge in [0.25, 0.3) is 0 Å². The average Bonchev–Trinajstić information content (AvgIpc) is 2.50. The Morgan fingerprint density at radius 2 is 1.95 bits per heavy atom. The van der Waals surface area contributed by atoms with Gasteiger partial charge in [0.05, 0.1) is 0 Å². The average molecular weight is 296 g/mol. The fourth-order valence-electron chi connectivity index (χ4n) is 3.33. The third-order valence-corrected chi connectivity index (χ3v) is 4.74. The second-order valence-corrected chi connectivity index (χ2v) is 6.28. The van der Waals surface area contributed by atoms with Crippen LogP contribution in [0, 0.1) is 5.92 Å². The molecule has 2 amide bonds. The zero-order valence-corrected chi connectivity index (χ0v) is 12.9. The predicted molar refractivity (Wildman–Crippen MR) is 80.7 cm³/mol. The molecule has 0 aliphatic carbocycles. The SMILES string of the molecule is O=C1CCCCN1CCCC(=O)N1CCC(CCO)CC1. The molecule has 0 aromatic rings. The van der Waals surface area contributed by atoms with Crippen molar-refractivity contribution in [2.24, 2.45) is 5.92 Å². The maximum atomic E-state index is 12.2. The number of rotatable bonds is 6. The van der Waals surface area contributed by atoms with Gasteiger partial charge in [0.1, 0.15) is 0 Å².